The fraction of sp³-hybridized carbons (Fsp3) is 0.632. The Bertz CT molecular complexity index is 622. The lowest BCUT2D eigenvalue weighted by Crippen LogP contribution is -2.47. The second kappa shape index (κ2) is 11.5. The predicted octanol–water partition coefficient (Wildman–Crippen LogP) is 2.18. The molecule has 0 radical (unpaired) electrons. The molecule has 1 aromatic carbocycles. The third-order valence-electron chi connectivity index (χ3n) is 4.64. The van der Waals surface area contributed by atoms with E-state index >= 15 is 0 Å². The monoisotopic (exact) mass is 397 g/mol. The fourth-order valence-corrected chi connectivity index (χ4v) is 5.64. The molecule has 0 saturated heterocycles. The first-order valence-corrected chi connectivity index (χ1v) is 12.2. The Morgan fingerprint density at radius 3 is 2.69 bits per heavy atom. The Morgan fingerprint density at radius 1 is 1.23 bits per heavy atom. The Hall–Kier alpha value is -1.21. The molecule has 5 nitrogen and oxygen atoms in total. The van der Waals surface area contributed by atoms with E-state index < -0.39 is 21.6 Å². The van der Waals surface area contributed by atoms with E-state index in [0.29, 0.717) is 29.3 Å². The molecule has 1 aliphatic carbocycles. The Balaban J connectivity index is 1.72. The molecule has 1 fully saturated rings. The van der Waals surface area contributed by atoms with E-state index in [1.807, 2.05) is 37.3 Å². The van der Waals surface area contributed by atoms with Crippen LogP contribution in [0.1, 0.15) is 38.2 Å². The summed E-state index contributed by atoms with van der Waals surface area (Å²) >= 11 is 0. The minimum Gasteiger partial charge on any atom is -0.355 e. The molecule has 7 heteroatoms. The van der Waals surface area contributed by atoms with Crippen molar-refractivity contribution in [1.29, 1.82) is 0 Å². The van der Waals surface area contributed by atoms with Gasteiger partial charge in [-0.15, -0.1) is 0 Å². The van der Waals surface area contributed by atoms with Gasteiger partial charge in [0.15, 0.2) is 5.96 Å². The summed E-state index contributed by atoms with van der Waals surface area (Å²) in [6.07, 6.45) is 4.18. The van der Waals surface area contributed by atoms with Crippen molar-refractivity contribution in [2.45, 2.75) is 49.7 Å². The van der Waals surface area contributed by atoms with Crippen molar-refractivity contribution in [2.24, 2.45) is 4.99 Å². The van der Waals surface area contributed by atoms with Gasteiger partial charge in [-0.05, 0) is 24.8 Å². The minimum atomic E-state index is -0.895. The number of rotatable bonds is 8. The summed E-state index contributed by atoms with van der Waals surface area (Å²) in [6, 6.07) is 10.2. The normalized spacial score (nSPS) is 23.2. The van der Waals surface area contributed by atoms with E-state index in [0.717, 1.165) is 43.0 Å². The fourth-order valence-electron chi connectivity index (χ4n) is 3.25. The van der Waals surface area contributed by atoms with E-state index in [-0.39, 0.29) is 0 Å². The molecular weight excluding hydrogens is 366 g/mol. The van der Waals surface area contributed by atoms with Gasteiger partial charge in [-0.25, -0.2) is 0 Å². The standard InChI is InChI=1S/C19H31N3O2S2/c1-3-26(24)18-11-7-10-17(14-18)22-19(20-2)21-12-13-25(23)15-16-8-5-4-6-9-16/h4-6,8-9,17-18H,3,7,10-15H2,1-2H3,(H2,20,21,22). The highest BCUT2D eigenvalue weighted by molar-refractivity contribution is 7.85. The molecule has 1 aromatic rings. The van der Waals surface area contributed by atoms with E-state index in [9.17, 15) is 8.42 Å². The molecule has 0 bridgehead atoms. The second-order valence-electron chi connectivity index (χ2n) is 6.57. The molecule has 0 amide bonds. The van der Waals surface area contributed by atoms with Gasteiger partial charge in [0.1, 0.15) is 0 Å². The maximum atomic E-state index is 12.2. The molecule has 4 unspecified atom stereocenters. The first kappa shape index (κ1) is 21.1. The molecule has 2 rings (SSSR count). The highest BCUT2D eigenvalue weighted by Crippen LogP contribution is 2.22. The molecule has 0 aliphatic heterocycles. The molecule has 0 spiro atoms. The van der Waals surface area contributed by atoms with Gasteiger partial charge >= 0.3 is 0 Å². The second-order valence-corrected chi connectivity index (χ2v) is 10.2. The average molecular weight is 398 g/mol. The summed E-state index contributed by atoms with van der Waals surface area (Å²) in [5, 5.41) is 7.00. The van der Waals surface area contributed by atoms with Crippen LogP contribution < -0.4 is 10.6 Å². The summed E-state index contributed by atoms with van der Waals surface area (Å²) in [4.78, 5) is 4.27. The van der Waals surface area contributed by atoms with Crippen LogP contribution in [0.3, 0.4) is 0 Å². The molecule has 1 aliphatic rings. The van der Waals surface area contributed by atoms with Crippen LogP contribution >= 0.6 is 0 Å². The molecule has 1 saturated carbocycles. The number of benzene rings is 1. The number of hydrogen-bond acceptors (Lipinski definition) is 3. The molecule has 2 N–H and O–H groups in total. The highest BCUT2D eigenvalue weighted by atomic mass is 32.2. The quantitative estimate of drug-likeness (QED) is 0.521. The van der Waals surface area contributed by atoms with Crippen LogP contribution in [0.15, 0.2) is 35.3 Å². The molecule has 146 valence electrons. The predicted molar refractivity (Wildman–Crippen MR) is 112 cm³/mol. The van der Waals surface area contributed by atoms with E-state index in [4.69, 9.17) is 0 Å². The molecule has 26 heavy (non-hydrogen) atoms. The zero-order valence-corrected chi connectivity index (χ0v) is 17.4. The zero-order chi connectivity index (χ0) is 18.8. The average Bonchev–Trinajstić information content (AvgIpc) is 2.67. The van der Waals surface area contributed by atoms with Gasteiger partial charge in [0, 0.05) is 63.7 Å². The van der Waals surface area contributed by atoms with E-state index in [1.165, 1.54) is 0 Å². The van der Waals surface area contributed by atoms with Crippen molar-refractivity contribution in [3.63, 3.8) is 0 Å². The molecule has 0 heterocycles. The maximum Gasteiger partial charge on any atom is 0.191 e. The van der Waals surface area contributed by atoms with Crippen LogP contribution in [0.4, 0.5) is 0 Å². The lowest BCUT2D eigenvalue weighted by molar-refractivity contribution is 0.414. The third kappa shape index (κ3) is 7.19. The smallest absolute Gasteiger partial charge is 0.191 e. The van der Waals surface area contributed by atoms with Crippen molar-refractivity contribution in [3.8, 4) is 0 Å². The van der Waals surface area contributed by atoms with Gasteiger partial charge in [0.05, 0.1) is 0 Å². The van der Waals surface area contributed by atoms with Crippen LogP contribution in [0.5, 0.6) is 0 Å². The number of hydrogen-bond donors (Lipinski definition) is 2. The molecular formula is C19H31N3O2S2. The van der Waals surface area contributed by atoms with Crippen molar-refractivity contribution < 1.29 is 8.42 Å². The minimum absolute atomic E-state index is 0.294. The first-order chi connectivity index (χ1) is 12.6. The maximum absolute atomic E-state index is 12.2. The van der Waals surface area contributed by atoms with Crippen molar-refractivity contribution in [1.82, 2.24) is 10.6 Å². The highest BCUT2D eigenvalue weighted by Gasteiger charge is 2.25. The van der Waals surface area contributed by atoms with Gasteiger partial charge in [-0.1, -0.05) is 43.7 Å². The van der Waals surface area contributed by atoms with Gasteiger partial charge < -0.3 is 10.6 Å². The van der Waals surface area contributed by atoms with Gasteiger partial charge in [0.2, 0.25) is 0 Å². The summed E-state index contributed by atoms with van der Waals surface area (Å²) in [6.45, 7) is 2.61. The van der Waals surface area contributed by atoms with Crippen LogP contribution in [0, 0.1) is 0 Å². The third-order valence-corrected chi connectivity index (χ3v) is 7.70. The van der Waals surface area contributed by atoms with E-state index in [2.05, 4.69) is 15.6 Å². The van der Waals surface area contributed by atoms with Gasteiger partial charge in [0.25, 0.3) is 0 Å². The van der Waals surface area contributed by atoms with Crippen molar-refractivity contribution in [3.05, 3.63) is 35.9 Å². The summed E-state index contributed by atoms with van der Waals surface area (Å²) in [5.74, 6) is 2.65. The Morgan fingerprint density at radius 2 is 2.00 bits per heavy atom. The topological polar surface area (TPSA) is 70.6 Å². The van der Waals surface area contributed by atoms with Crippen LogP contribution in [0.2, 0.25) is 0 Å². The zero-order valence-electron chi connectivity index (χ0n) is 15.8. The molecule has 0 aromatic heterocycles. The SMILES string of the molecule is CCS(=O)C1CCCC(NC(=NC)NCCS(=O)Cc2ccccc2)C1. The van der Waals surface area contributed by atoms with Crippen LogP contribution in [-0.4, -0.2) is 50.8 Å². The van der Waals surface area contributed by atoms with Gasteiger partial charge in [-0.3, -0.25) is 13.4 Å². The Labute approximate surface area is 162 Å². The van der Waals surface area contributed by atoms with E-state index in [1.54, 1.807) is 7.05 Å². The lowest BCUT2D eigenvalue weighted by atomic mass is 9.95. The lowest BCUT2D eigenvalue weighted by Gasteiger charge is -2.30. The van der Waals surface area contributed by atoms with Gasteiger partial charge in [-0.2, -0.15) is 0 Å². The summed E-state index contributed by atoms with van der Waals surface area (Å²) < 4.78 is 24.3. The molecule has 4 atom stereocenters. The number of aliphatic imine (C=N–C) groups is 1. The Kier molecular flexibility index (Phi) is 9.32. The van der Waals surface area contributed by atoms with Crippen LogP contribution in [0.25, 0.3) is 0 Å². The summed E-state index contributed by atoms with van der Waals surface area (Å²) in [7, 11) is 0.134. The largest absolute Gasteiger partial charge is 0.355 e. The van der Waals surface area contributed by atoms with Crippen molar-refractivity contribution >= 4 is 27.6 Å². The number of nitrogens with zero attached hydrogens (tertiary/aromatic N) is 1. The van der Waals surface area contributed by atoms with Crippen LogP contribution in [-0.2, 0) is 27.4 Å². The van der Waals surface area contributed by atoms with Crippen molar-refractivity contribution in [2.75, 3.05) is 25.1 Å². The first-order valence-electron chi connectivity index (χ1n) is 9.35. The number of nitrogens with one attached hydrogen (secondary N) is 2. The summed E-state index contributed by atoms with van der Waals surface area (Å²) in [5.41, 5.74) is 1.10. The number of guanidine groups is 1.